The van der Waals surface area contributed by atoms with E-state index < -0.39 is 0 Å². The van der Waals surface area contributed by atoms with Gasteiger partial charge in [0, 0.05) is 0 Å². The Labute approximate surface area is 60.9 Å². The van der Waals surface area contributed by atoms with Crippen molar-refractivity contribution < 1.29 is 0 Å². The van der Waals surface area contributed by atoms with E-state index in [0.717, 1.165) is 11.8 Å². The molecule has 1 aliphatic heterocycles. The maximum Gasteiger partial charge on any atom is 0.0784 e. The first kappa shape index (κ1) is 7.29. The van der Waals surface area contributed by atoms with Gasteiger partial charge in [0.05, 0.1) is 10.4 Å². The summed E-state index contributed by atoms with van der Waals surface area (Å²) in [6.07, 6.45) is 1.44. The van der Waals surface area contributed by atoms with Gasteiger partial charge >= 0.3 is 0 Å². The van der Waals surface area contributed by atoms with Crippen molar-refractivity contribution in [1.29, 1.82) is 0 Å². The molecule has 1 nitrogen and oxygen atoms in total. The summed E-state index contributed by atoms with van der Waals surface area (Å²) in [5.41, 5.74) is 0. The van der Waals surface area contributed by atoms with Crippen LogP contribution in [0.15, 0.2) is 0 Å². The van der Waals surface area contributed by atoms with Crippen LogP contribution in [0.1, 0.15) is 20.3 Å². The van der Waals surface area contributed by atoms with Crippen LogP contribution in [0.4, 0.5) is 0 Å². The molecule has 0 aromatic carbocycles. The summed E-state index contributed by atoms with van der Waals surface area (Å²) in [6, 6.07) is 0. The lowest BCUT2D eigenvalue weighted by Crippen LogP contribution is -2.36. The minimum Gasteiger partial charge on any atom is -0.332 e. The second-order valence-electron chi connectivity index (χ2n) is 3.67. The van der Waals surface area contributed by atoms with E-state index in [-0.39, 0.29) is 0 Å². The first-order valence-electron chi connectivity index (χ1n) is 3.87. The van der Waals surface area contributed by atoms with Crippen LogP contribution in [-0.2, 0) is 0 Å². The third-order valence-corrected chi connectivity index (χ3v) is 2.78. The second kappa shape index (κ2) is 2.84. The zero-order chi connectivity index (χ0) is 6.85. The normalized spacial score (nSPS) is 39.3. The molecule has 0 aromatic heterocycles. The molecular formula is C7H17NSi. The molecule has 1 fully saturated rings. The second-order valence-corrected chi connectivity index (χ2v) is 4.93. The standard InChI is InChI=1S/C7H17NSi/c1-6-3-7(2)5-8(9)4-6/h6-7H,3-5H2,1-2,9H3/t6-,7-/m0/s1. The highest BCUT2D eigenvalue weighted by molar-refractivity contribution is 6.04. The van der Waals surface area contributed by atoms with Crippen molar-refractivity contribution in [1.82, 2.24) is 4.57 Å². The van der Waals surface area contributed by atoms with Crippen LogP contribution in [0.2, 0.25) is 0 Å². The Kier molecular flexibility index (Phi) is 2.30. The number of hydrogen-bond donors (Lipinski definition) is 0. The predicted octanol–water partition coefficient (Wildman–Crippen LogP) is 0.245. The highest BCUT2D eigenvalue weighted by atomic mass is 28.2. The smallest absolute Gasteiger partial charge is 0.0784 e. The average molecular weight is 143 g/mol. The summed E-state index contributed by atoms with van der Waals surface area (Å²) in [6.45, 7) is 7.44. The lowest BCUT2D eigenvalue weighted by atomic mass is 9.94. The third kappa shape index (κ3) is 2.10. The van der Waals surface area contributed by atoms with E-state index in [1.54, 1.807) is 0 Å². The zero-order valence-corrected chi connectivity index (χ0v) is 8.72. The molecule has 1 rings (SSSR count). The fourth-order valence-corrected chi connectivity index (χ4v) is 3.22. The Morgan fingerprint density at radius 3 is 2.00 bits per heavy atom. The van der Waals surface area contributed by atoms with Crippen molar-refractivity contribution in [2.24, 2.45) is 11.8 Å². The molecule has 0 spiro atoms. The van der Waals surface area contributed by atoms with Gasteiger partial charge in [-0.2, -0.15) is 0 Å². The molecule has 0 radical (unpaired) electrons. The molecule has 1 aliphatic rings. The van der Waals surface area contributed by atoms with E-state index in [9.17, 15) is 0 Å². The average Bonchev–Trinajstić information content (AvgIpc) is 1.59. The molecule has 1 saturated heterocycles. The summed E-state index contributed by atoms with van der Waals surface area (Å²) in [5.74, 6) is 1.90. The molecule has 0 N–H and O–H groups in total. The van der Waals surface area contributed by atoms with Crippen LogP contribution in [0.5, 0.6) is 0 Å². The van der Waals surface area contributed by atoms with Crippen molar-refractivity contribution in [2.45, 2.75) is 20.3 Å². The minimum atomic E-state index is 0.950. The molecule has 0 aromatic rings. The molecule has 0 saturated carbocycles. The highest BCUT2D eigenvalue weighted by Crippen LogP contribution is 2.18. The van der Waals surface area contributed by atoms with E-state index in [1.807, 2.05) is 0 Å². The fraction of sp³-hybridized carbons (Fsp3) is 1.00. The molecule has 2 heteroatoms. The SMILES string of the molecule is C[C@H]1C[C@H](C)CN([SiH3])C1. The van der Waals surface area contributed by atoms with Crippen LogP contribution in [-0.4, -0.2) is 28.1 Å². The first-order chi connectivity index (χ1) is 4.18. The van der Waals surface area contributed by atoms with Gasteiger partial charge in [0.25, 0.3) is 0 Å². The van der Waals surface area contributed by atoms with Crippen LogP contribution in [0, 0.1) is 11.8 Å². The quantitative estimate of drug-likeness (QED) is 0.439. The Morgan fingerprint density at radius 1 is 1.22 bits per heavy atom. The van der Waals surface area contributed by atoms with Gasteiger partial charge in [-0.1, -0.05) is 13.8 Å². The Hall–Kier alpha value is 0.177. The summed E-state index contributed by atoms with van der Waals surface area (Å²) >= 11 is 0. The van der Waals surface area contributed by atoms with Gasteiger partial charge in [0.1, 0.15) is 0 Å². The van der Waals surface area contributed by atoms with Crippen molar-refractivity contribution in [3.05, 3.63) is 0 Å². The largest absolute Gasteiger partial charge is 0.332 e. The summed E-state index contributed by atoms with van der Waals surface area (Å²) < 4.78 is 2.57. The fourth-order valence-electron chi connectivity index (χ4n) is 1.97. The molecule has 9 heavy (non-hydrogen) atoms. The molecule has 1 heterocycles. The van der Waals surface area contributed by atoms with Gasteiger partial charge in [-0.25, -0.2) is 0 Å². The lowest BCUT2D eigenvalue weighted by Gasteiger charge is -2.32. The minimum absolute atomic E-state index is 0.950. The Morgan fingerprint density at radius 2 is 1.67 bits per heavy atom. The highest BCUT2D eigenvalue weighted by Gasteiger charge is 2.17. The van der Waals surface area contributed by atoms with Crippen molar-refractivity contribution in [3.8, 4) is 0 Å². The van der Waals surface area contributed by atoms with Gasteiger partial charge in [0.2, 0.25) is 0 Å². The van der Waals surface area contributed by atoms with Gasteiger partial charge in [-0.15, -0.1) is 0 Å². The number of hydrogen-bond acceptors (Lipinski definition) is 1. The monoisotopic (exact) mass is 143 g/mol. The topological polar surface area (TPSA) is 3.24 Å². The molecule has 0 aliphatic carbocycles. The van der Waals surface area contributed by atoms with Crippen molar-refractivity contribution in [3.63, 3.8) is 0 Å². The van der Waals surface area contributed by atoms with Crippen LogP contribution >= 0.6 is 0 Å². The summed E-state index contributed by atoms with van der Waals surface area (Å²) in [7, 11) is 1.26. The maximum absolute atomic E-state index is 2.57. The number of nitrogens with zero attached hydrogens (tertiary/aromatic N) is 1. The van der Waals surface area contributed by atoms with Crippen LogP contribution < -0.4 is 0 Å². The van der Waals surface area contributed by atoms with E-state index >= 15 is 0 Å². The first-order valence-corrected chi connectivity index (χ1v) is 4.76. The van der Waals surface area contributed by atoms with Gasteiger partial charge < -0.3 is 4.57 Å². The van der Waals surface area contributed by atoms with Crippen molar-refractivity contribution in [2.75, 3.05) is 13.1 Å². The summed E-state index contributed by atoms with van der Waals surface area (Å²) in [5, 5.41) is 0. The van der Waals surface area contributed by atoms with E-state index in [4.69, 9.17) is 0 Å². The molecule has 0 amide bonds. The van der Waals surface area contributed by atoms with E-state index in [2.05, 4.69) is 18.4 Å². The molecule has 0 unspecified atom stereocenters. The number of piperidine rings is 1. The molecule has 2 atom stereocenters. The zero-order valence-electron chi connectivity index (χ0n) is 6.72. The van der Waals surface area contributed by atoms with E-state index in [0.29, 0.717) is 0 Å². The summed E-state index contributed by atoms with van der Waals surface area (Å²) in [4.78, 5) is 0. The molecule has 0 bridgehead atoms. The third-order valence-electron chi connectivity index (χ3n) is 2.05. The molecule has 54 valence electrons. The van der Waals surface area contributed by atoms with Crippen LogP contribution in [0.25, 0.3) is 0 Å². The van der Waals surface area contributed by atoms with Gasteiger partial charge in [-0.05, 0) is 31.3 Å². The Bertz CT molecular complexity index is 69.9. The number of rotatable bonds is 0. The van der Waals surface area contributed by atoms with Crippen LogP contribution in [0.3, 0.4) is 0 Å². The van der Waals surface area contributed by atoms with Gasteiger partial charge in [0.15, 0.2) is 0 Å². The lowest BCUT2D eigenvalue weighted by molar-refractivity contribution is 0.229. The predicted molar refractivity (Wildman–Crippen MR) is 44.5 cm³/mol. The van der Waals surface area contributed by atoms with Gasteiger partial charge in [-0.3, -0.25) is 0 Å². The maximum atomic E-state index is 2.57. The Balaban J connectivity index is 2.34. The van der Waals surface area contributed by atoms with Crippen molar-refractivity contribution >= 4 is 10.4 Å². The van der Waals surface area contributed by atoms with E-state index in [1.165, 1.54) is 29.9 Å². The molecular weight excluding hydrogens is 126 g/mol.